The third-order valence-corrected chi connectivity index (χ3v) is 4.23. The number of hydrogen-bond donors (Lipinski definition) is 1. The summed E-state index contributed by atoms with van der Waals surface area (Å²) in [6, 6.07) is 8.91. The van der Waals surface area contributed by atoms with E-state index < -0.39 is 0 Å². The van der Waals surface area contributed by atoms with Gasteiger partial charge in [-0.25, -0.2) is 0 Å². The van der Waals surface area contributed by atoms with Crippen molar-refractivity contribution in [2.24, 2.45) is 0 Å². The average Bonchev–Trinajstić information content (AvgIpc) is 2.71. The maximum absolute atomic E-state index is 6.35. The van der Waals surface area contributed by atoms with E-state index >= 15 is 0 Å². The summed E-state index contributed by atoms with van der Waals surface area (Å²) in [7, 11) is 4.13. The van der Waals surface area contributed by atoms with Crippen molar-refractivity contribution in [2.45, 2.75) is 57.6 Å². The first-order chi connectivity index (χ1) is 10.2. The second kappa shape index (κ2) is 8.28. The summed E-state index contributed by atoms with van der Waals surface area (Å²) in [6.45, 7) is 3.31. The summed E-state index contributed by atoms with van der Waals surface area (Å²) in [5, 5.41) is 3.68. The fourth-order valence-electron chi connectivity index (χ4n) is 2.99. The lowest BCUT2D eigenvalue weighted by Crippen LogP contribution is -2.42. The minimum Gasteiger partial charge on any atom is -0.489 e. The van der Waals surface area contributed by atoms with E-state index in [9.17, 15) is 0 Å². The highest BCUT2D eigenvalue weighted by atomic mass is 16.5. The Morgan fingerprint density at radius 1 is 1.19 bits per heavy atom. The van der Waals surface area contributed by atoms with Gasteiger partial charge in [-0.2, -0.15) is 0 Å². The number of benzene rings is 1. The topological polar surface area (TPSA) is 24.5 Å². The van der Waals surface area contributed by atoms with Gasteiger partial charge in [0.15, 0.2) is 0 Å². The molecule has 118 valence electrons. The summed E-state index contributed by atoms with van der Waals surface area (Å²) in [6.07, 6.45) is 7.81. The first-order valence-electron chi connectivity index (χ1n) is 8.38. The van der Waals surface area contributed by atoms with Crippen LogP contribution in [0.4, 0.5) is 5.69 Å². The number of nitrogens with one attached hydrogen (secondary N) is 1. The molecule has 0 spiro atoms. The van der Waals surface area contributed by atoms with Crippen molar-refractivity contribution in [2.75, 3.05) is 25.5 Å². The summed E-state index contributed by atoms with van der Waals surface area (Å²) in [5.74, 6) is 0.997. The third kappa shape index (κ3) is 4.92. The number of ether oxygens (including phenoxy) is 1. The van der Waals surface area contributed by atoms with Gasteiger partial charge >= 0.3 is 0 Å². The number of nitrogens with zero attached hydrogens (tertiary/aromatic N) is 1. The van der Waals surface area contributed by atoms with Crippen molar-refractivity contribution >= 4 is 5.69 Å². The highest BCUT2D eigenvalue weighted by molar-refractivity contribution is 5.49. The first-order valence-corrected chi connectivity index (χ1v) is 8.38. The van der Waals surface area contributed by atoms with Crippen LogP contribution < -0.4 is 15.0 Å². The van der Waals surface area contributed by atoms with Gasteiger partial charge in [-0.05, 0) is 44.4 Å². The molecule has 0 amide bonds. The van der Waals surface area contributed by atoms with Gasteiger partial charge in [0.2, 0.25) is 0 Å². The Balaban J connectivity index is 2.04. The summed E-state index contributed by atoms with van der Waals surface area (Å²) in [4.78, 5) is 2.12. The van der Waals surface area contributed by atoms with Crippen LogP contribution in [-0.4, -0.2) is 32.8 Å². The summed E-state index contributed by atoms with van der Waals surface area (Å²) in [5.41, 5.74) is 1.19. The van der Waals surface area contributed by atoms with E-state index in [-0.39, 0.29) is 0 Å². The normalized spacial score (nSPS) is 22.6. The van der Waals surface area contributed by atoms with Crippen molar-refractivity contribution < 1.29 is 4.74 Å². The van der Waals surface area contributed by atoms with E-state index in [1.54, 1.807) is 0 Å². The maximum Gasteiger partial charge on any atom is 0.121 e. The van der Waals surface area contributed by atoms with Gasteiger partial charge in [0.25, 0.3) is 0 Å². The highest BCUT2D eigenvalue weighted by Gasteiger charge is 2.24. The Labute approximate surface area is 129 Å². The van der Waals surface area contributed by atoms with Crippen LogP contribution in [0.3, 0.4) is 0 Å². The zero-order valence-corrected chi connectivity index (χ0v) is 13.8. The van der Waals surface area contributed by atoms with Gasteiger partial charge in [-0.15, -0.1) is 0 Å². The highest BCUT2D eigenvalue weighted by Crippen LogP contribution is 2.26. The van der Waals surface area contributed by atoms with Gasteiger partial charge in [0.05, 0.1) is 0 Å². The molecule has 0 heterocycles. The lowest BCUT2D eigenvalue weighted by atomic mass is 10.1. The van der Waals surface area contributed by atoms with E-state index in [2.05, 4.69) is 55.5 Å². The van der Waals surface area contributed by atoms with E-state index in [0.717, 1.165) is 18.7 Å². The molecule has 3 nitrogen and oxygen atoms in total. The van der Waals surface area contributed by atoms with E-state index in [4.69, 9.17) is 4.74 Å². The van der Waals surface area contributed by atoms with Gasteiger partial charge in [-0.3, -0.25) is 0 Å². The smallest absolute Gasteiger partial charge is 0.121 e. The molecule has 0 saturated heterocycles. The van der Waals surface area contributed by atoms with Crippen molar-refractivity contribution in [1.82, 2.24) is 5.32 Å². The maximum atomic E-state index is 6.35. The van der Waals surface area contributed by atoms with Crippen LogP contribution in [0.1, 0.15) is 45.4 Å². The second-order valence-corrected chi connectivity index (χ2v) is 6.25. The molecule has 0 aromatic heterocycles. The molecule has 0 aliphatic heterocycles. The van der Waals surface area contributed by atoms with Crippen LogP contribution in [0.2, 0.25) is 0 Å². The van der Waals surface area contributed by atoms with E-state index in [0.29, 0.717) is 12.1 Å². The summed E-state index contributed by atoms with van der Waals surface area (Å²) < 4.78 is 6.35. The van der Waals surface area contributed by atoms with Crippen molar-refractivity contribution in [1.29, 1.82) is 0 Å². The Bertz CT molecular complexity index is 419. The standard InChI is InChI=1S/C18H30N2O/c1-4-13-19-17-11-6-5-7-12-18(17)21-16-10-8-9-15(14-16)20(2)3/h8-10,14,17-19H,4-7,11-13H2,1-3H3. The molecular formula is C18H30N2O. The lowest BCUT2D eigenvalue weighted by molar-refractivity contribution is 0.145. The van der Waals surface area contributed by atoms with Gasteiger partial charge in [0, 0.05) is 31.9 Å². The molecule has 3 heteroatoms. The van der Waals surface area contributed by atoms with Crippen LogP contribution in [-0.2, 0) is 0 Å². The molecule has 1 fully saturated rings. The van der Waals surface area contributed by atoms with Crippen molar-refractivity contribution in [3.63, 3.8) is 0 Å². The van der Waals surface area contributed by atoms with Crippen LogP contribution in [0, 0.1) is 0 Å². The van der Waals surface area contributed by atoms with Crippen LogP contribution in [0.5, 0.6) is 5.75 Å². The minimum absolute atomic E-state index is 0.302. The largest absolute Gasteiger partial charge is 0.489 e. The number of hydrogen-bond acceptors (Lipinski definition) is 3. The second-order valence-electron chi connectivity index (χ2n) is 6.25. The van der Waals surface area contributed by atoms with Gasteiger partial charge in [-0.1, -0.05) is 25.8 Å². The van der Waals surface area contributed by atoms with Crippen molar-refractivity contribution in [3.05, 3.63) is 24.3 Å². The zero-order chi connectivity index (χ0) is 15.1. The van der Waals surface area contributed by atoms with Crippen LogP contribution >= 0.6 is 0 Å². The minimum atomic E-state index is 0.302. The quantitative estimate of drug-likeness (QED) is 0.806. The van der Waals surface area contributed by atoms with E-state index in [1.807, 2.05) is 0 Å². The fourth-order valence-corrected chi connectivity index (χ4v) is 2.99. The first kappa shape index (κ1) is 16.2. The third-order valence-electron chi connectivity index (χ3n) is 4.23. The van der Waals surface area contributed by atoms with E-state index in [1.165, 1.54) is 37.8 Å². The predicted molar refractivity (Wildman–Crippen MR) is 90.4 cm³/mol. The molecule has 1 N–H and O–H groups in total. The zero-order valence-electron chi connectivity index (χ0n) is 13.8. The molecule has 1 saturated carbocycles. The van der Waals surface area contributed by atoms with Crippen LogP contribution in [0.25, 0.3) is 0 Å². The molecule has 1 aromatic rings. The molecule has 2 unspecified atom stereocenters. The Kier molecular flexibility index (Phi) is 6.37. The molecule has 21 heavy (non-hydrogen) atoms. The Morgan fingerprint density at radius 3 is 2.76 bits per heavy atom. The fraction of sp³-hybridized carbons (Fsp3) is 0.667. The van der Waals surface area contributed by atoms with Crippen LogP contribution in [0.15, 0.2) is 24.3 Å². The lowest BCUT2D eigenvalue weighted by Gasteiger charge is -2.27. The Hall–Kier alpha value is -1.22. The molecule has 1 aliphatic carbocycles. The molecule has 1 aromatic carbocycles. The number of rotatable bonds is 6. The SMILES string of the molecule is CCCNC1CCCCCC1Oc1cccc(N(C)C)c1. The van der Waals surface area contributed by atoms with Gasteiger partial charge < -0.3 is 15.0 Å². The van der Waals surface area contributed by atoms with Crippen molar-refractivity contribution in [3.8, 4) is 5.75 Å². The molecule has 1 aliphatic rings. The molecule has 0 bridgehead atoms. The molecular weight excluding hydrogens is 260 g/mol. The molecule has 0 radical (unpaired) electrons. The predicted octanol–water partition coefficient (Wildman–Crippen LogP) is 3.83. The number of anilines is 1. The summed E-state index contributed by atoms with van der Waals surface area (Å²) >= 11 is 0. The Morgan fingerprint density at radius 2 is 2.00 bits per heavy atom. The van der Waals surface area contributed by atoms with Gasteiger partial charge in [0.1, 0.15) is 11.9 Å². The molecule has 2 atom stereocenters. The monoisotopic (exact) mass is 290 g/mol. The average molecular weight is 290 g/mol. The molecule has 2 rings (SSSR count).